The molecule has 2 heterocycles. The van der Waals surface area contributed by atoms with Crippen molar-refractivity contribution in [2.45, 2.75) is 25.8 Å². The fourth-order valence-electron chi connectivity index (χ4n) is 1.64. The average Bonchev–Trinajstić information content (AvgIpc) is 2.46. The lowest BCUT2D eigenvalue weighted by atomic mass is 10.1. The topological polar surface area (TPSA) is 77.9 Å². The zero-order chi connectivity index (χ0) is 10.8. The summed E-state index contributed by atoms with van der Waals surface area (Å²) < 4.78 is 0. The smallest absolute Gasteiger partial charge is 0.233 e. The summed E-state index contributed by atoms with van der Waals surface area (Å²) in [6, 6.07) is 1.38. The van der Waals surface area contributed by atoms with Crippen LogP contribution in [0.15, 0.2) is 11.2 Å². The summed E-state index contributed by atoms with van der Waals surface area (Å²) in [5.41, 5.74) is 9.19. The largest absolute Gasteiger partial charge is 0.325 e. The van der Waals surface area contributed by atoms with Crippen LogP contribution in [0.2, 0.25) is 0 Å². The molecule has 0 saturated heterocycles. The van der Waals surface area contributed by atoms with E-state index in [4.69, 9.17) is 5.53 Å². The molecule has 0 aromatic carbocycles. The first-order valence-electron chi connectivity index (χ1n) is 4.65. The monoisotopic (exact) mass is 222 g/mol. The first-order valence-corrected chi connectivity index (χ1v) is 5.46. The highest BCUT2D eigenvalue weighted by Crippen LogP contribution is 2.31. The second-order valence-electron chi connectivity index (χ2n) is 3.44. The van der Waals surface area contributed by atoms with Crippen LogP contribution in [0.5, 0.6) is 0 Å². The van der Waals surface area contributed by atoms with Crippen LogP contribution < -0.4 is 5.32 Å². The van der Waals surface area contributed by atoms with E-state index in [-0.39, 0.29) is 5.91 Å². The standard InChI is InChI=1S/C9H10N4OS/c1-5-4-7-8(15-5)3-2-6(12-13-10)9(14)11-7/h4,6H,2-3H2,1H3,(H,11,14). The van der Waals surface area contributed by atoms with Gasteiger partial charge in [0.25, 0.3) is 0 Å². The number of hydrogen-bond acceptors (Lipinski definition) is 3. The molecule has 1 N–H and O–H groups in total. The third-order valence-corrected chi connectivity index (χ3v) is 3.44. The summed E-state index contributed by atoms with van der Waals surface area (Å²) >= 11 is 1.68. The van der Waals surface area contributed by atoms with Gasteiger partial charge in [-0.15, -0.1) is 11.3 Å². The van der Waals surface area contributed by atoms with Gasteiger partial charge in [0.05, 0.1) is 5.69 Å². The van der Waals surface area contributed by atoms with Crippen molar-refractivity contribution in [3.8, 4) is 0 Å². The summed E-state index contributed by atoms with van der Waals surface area (Å²) in [4.78, 5) is 16.6. The molecule has 0 fully saturated rings. The van der Waals surface area contributed by atoms with Crippen molar-refractivity contribution < 1.29 is 4.79 Å². The highest BCUT2D eigenvalue weighted by molar-refractivity contribution is 7.12. The summed E-state index contributed by atoms with van der Waals surface area (Å²) in [5, 5.41) is 6.27. The van der Waals surface area contributed by atoms with Gasteiger partial charge in [0.15, 0.2) is 0 Å². The molecule has 0 bridgehead atoms. The highest BCUT2D eigenvalue weighted by Gasteiger charge is 2.23. The van der Waals surface area contributed by atoms with E-state index in [1.807, 2.05) is 13.0 Å². The fourth-order valence-corrected chi connectivity index (χ4v) is 2.65. The van der Waals surface area contributed by atoms with Crippen molar-refractivity contribution in [2.75, 3.05) is 5.32 Å². The van der Waals surface area contributed by atoms with Gasteiger partial charge in [-0.1, -0.05) is 5.11 Å². The molecule has 1 aromatic heterocycles. The quantitative estimate of drug-likeness (QED) is 0.442. The molecule has 0 spiro atoms. The number of fused-ring (bicyclic) bond motifs is 1. The van der Waals surface area contributed by atoms with Crippen molar-refractivity contribution in [3.05, 3.63) is 26.3 Å². The number of hydrogen-bond donors (Lipinski definition) is 1. The van der Waals surface area contributed by atoms with E-state index in [1.54, 1.807) is 11.3 Å². The fraction of sp³-hybridized carbons (Fsp3) is 0.444. The number of nitrogens with zero attached hydrogens (tertiary/aromatic N) is 3. The minimum atomic E-state index is -0.574. The zero-order valence-corrected chi connectivity index (χ0v) is 9.04. The number of amides is 1. The Kier molecular flexibility index (Phi) is 2.62. The first kappa shape index (κ1) is 10.0. The third-order valence-electron chi connectivity index (χ3n) is 2.33. The van der Waals surface area contributed by atoms with Crippen LogP contribution in [0.4, 0.5) is 5.69 Å². The molecule has 2 rings (SSSR count). The molecule has 1 aliphatic heterocycles. The minimum Gasteiger partial charge on any atom is -0.325 e. The van der Waals surface area contributed by atoms with Crippen LogP contribution in [0.1, 0.15) is 16.2 Å². The summed E-state index contributed by atoms with van der Waals surface area (Å²) in [5.74, 6) is -0.204. The molecule has 1 amide bonds. The lowest BCUT2D eigenvalue weighted by Crippen LogP contribution is -2.24. The third kappa shape index (κ3) is 1.95. The molecule has 0 aliphatic carbocycles. The molecule has 15 heavy (non-hydrogen) atoms. The number of carbonyl (C=O) groups is 1. The Morgan fingerprint density at radius 1 is 1.73 bits per heavy atom. The molecular formula is C9H10N4OS. The molecule has 1 aromatic rings. The van der Waals surface area contributed by atoms with Gasteiger partial charge in [-0.3, -0.25) is 4.79 Å². The van der Waals surface area contributed by atoms with E-state index in [2.05, 4.69) is 15.3 Å². The van der Waals surface area contributed by atoms with Gasteiger partial charge >= 0.3 is 0 Å². The number of anilines is 1. The van der Waals surface area contributed by atoms with Gasteiger partial charge in [0.2, 0.25) is 5.91 Å². The number of carbonyl (C=O) groups excluding carboxylic acids is 1. The van der Waals surface area contributed by atoms with Crippen LogP contribution in [-0.2, 0) is 11.2 Å². The average molecular weight is 222 g/mol. The number of rotatable bonds is 1. The predicted octanol–water partition coefficient (Wildman–Crippen LogP) is 2.62. The Morgan fingerprint density at radius 3 is 3.27 bits per heavy atom. The number of aryl methyl sites for hydroxylation is 2. The number of thiophene rings is 1. The summed E-state index contributed by atoms with van der Waals surface area (Å²) in [6.07, 6.45) is 1.37. The van der Waals surface area contributed by atoms with E-state index in [0.29, 0.717) is 6.42 Å². The van der Waals surface area contributed by atoms with Crippen molar-refractivity contribution >= 4 is 22.9 Å². The number of nitrogens with one attached hydrogen (secondary N) is 1. The molecule has 1 atom stereocenters. The van der Waals surface area contributed by atoms with E-state index in [0.717, 1.165) is 17.0 Å². The van der Waals surface area contributed by atoms with E-state index in [1.165, 1.54) is 4.88 Å². The van der Waals surface area contributed by atoms with Gasteiger partial charge in [-0.05, 0) is 31.4 Å². The Labute approximate surface area is 90.7 Å². The molecule has 1 aliphatic rings. The molecular weight excluding hydrogens is 212 g/mol. The van der Waals surface area contributed by atoms with Gasteiger partial charge in [-0.25, -0.2) is 0 Å². The van der Waals surface area contributed by atoms with Gasteiger partial charge in [0, 0.05) is 14.7 Å². The second kappa shape index (κ2) is 3.92. The van der Waals surface area contributed by atoms with Crippen molar-refractivity contribution in [1.82, 2.24) is 0 Å². The maximum absolute atomic E-state index is 11.6. The Morgan fingerprint density at radius 2 is 2.53 bits per heavy atom. The SMILES string of the molecule is Cc1cc2c(s1)CCC(N=[N+]=[N-])C(=O)N2. The van der Waals surface area contributed by atoms with Gasteiger partial charge in [0.1, 0.15) is 6.04 Å². The lowest BCUT2D eigenvalue weighted by molar-refractivity contribution is -0.117. The van der Waals surface area contributed by atoms with E-state index in [9.17, 15) is 4.79 Å². The molecule has 1 unspecified atom stereocenters. The molecule has 78 valence electrons. The van der Waals surface area contributed by atoms with Crippen molar-refractivity contribution in [2.24, 2.45) is 5.11 Å². The Balaban J connectivity index is 2.28. The Hall–Kier alpha value is -1.52. The summed E-state index contributed by atoms with van der Waals surface area (Å²) in [6.45, 7) is 2.01. The molecule has 0 radical (unpaired) electrons. The van der Waals surface area contributed by atoms with Gasteiger partial charge in [-0.2, -0.15) is 0 Å². The normalized spacial score (nSPS) is 19.8. The van der Waals surface area contributed by atoms with Crippen molar-refractivity contribution in [1.29, 1.82) is 0 Å². The van der Waals surface area contributed by atoms with Gasteiger partial charge < -0.3 is 5.32 Å². The van der Waals surface area contributed by atoms with Crippen LogP contribution in [0.25, 0.3) is 10.4 Å². The lowest BCUT2D eigenvalue weighted by Gasteiger charge is -2.04. The van der Waals surface area contributed by atoms with Crippen molar-refractivity contribution in [3.63, 3.8) is 0 Å². The highest BCUT2D eigenvalue weighted by atomic mass is 32.1. The maximum atomic E-state index is 11.6. The zero-order valence-electron chi connectivity index (χ0n) is 8.23. The Bertz CT molecular complexity index is 447. The second-order valence-corrected chi connectivity index (χ2v) is 4.78. The van der Waals surface area contributed by atoms with Crippen LogP contribution in [-0.4, -0.2) is 11.9 Å². The predicted molar refractivity (Wildman–Crippen MR) is 58.9 cm³/mol. The first-order chi connectivity index (χ1) is 7.20. The number of azide groups is 1. The maximum Gasteiger partial charge on any atom is 0.233 e. The van der Waals surface area contributed by atoms with Crippen LogP contribution in [0, 0.1) is 6.92 Å². The summed E-state index contributed by atoms with van der Waals surface area (Å²) in [7, 11) is 0. The molecule has 6 heteroatoms. The molecule has 5 nitrogen and oxygen atoms in total. The molecule has 0 saturated carbocycles. The van der Waals surface area contributed by atoms with E-state index < -0.39 is 6.04 Å². The van der Waals surface area contributed by atoms with Crippen LogP contribution >= 0.6 is 11.3 Å². The minimum absolute atomic E-state index is 0.204. The van der Waals surface area contributed by atoms with Crippen LogP contribution in [0.3, 0.4) is 0 Å². The van der Waals surface area contributed by atoms with E-state index >= 15 is 0 Å².